The Bertz CT molecular complexity index is 444. The zero-order valence-corrected chi connectivity index (χ0v) is 12.4. The molecule has 4 nitrogen and oxygen atoms in total. The van der Waals surface area contributed by atoms with Crippen molar-refractivity contribution in [3.05, 3.63) is 35.9 Å². The van der Waals surface area contributed by atoms with Crippen LogP contribution in [0.15, 0.2) is 30.3 Å². The van der Waals surface area contributed by atoms with Crippen molar-refractivity contribution in [3.8, 4) is 0 Å². The Balaban J connectivity index is 1.83. The van der Waals surface area contributed by atoms with Gasteiger partial charge in [-0.05, 0) is 18.4 Å². The van der Waals surface area contributed by atoms with Gasteiger partial charge in [-0.25, -0.2) is 4.79 Å². The fourth-order valence-corrected chi connectivity index (χ4v) is 2.87. The summed E-state index contributed by atoms with van der Waals surface area (Å²) >= 11 is 0. The lowest BCUT2D eigenvalue weighted by molar-refractivity contribution is 0.0198. The highest BCUT2D eigenvalue weighted by Gasteiger charge is 2.44. The second-order valence-corrected chi connectivity index (χ2v) is 5.88. The van der Waals surface area contributed by atoms with Gasteiger partial charge in [-0.2, -0.15) is 0 Å². The summed E-state index contributed by atoms with van der Waals surface area (Å²) in [5.41, 5.74) is 0.920. The van der Waals surface area contributed by atoms with E-state index in [0.29, 0.717) is 6.61 Å². The second kappa shape index (κ2) is 6.27. The van der Waals surface area contributed by atoms with Gasteiger partial charge in [0.2, 0.25) is 0 Å². The van der Waals surface area contributed by atoms with Crippen LogP contribution in [0, 0.1) is 5.41 Å². The number of hydrogen-bond acceptors (Lipinski definition) is 3. The van der Waals surface area contributed by atoms with Crippen LogP contribution < -0.4 is 5.32 Å². The summed E-state index contributed by atoms with van der Waals surface area (Å²) in [5.74, 6) is 0. The topological polar surface area (TPSA) is 47.6 Å². The molecule has 0 heterocycles. The van der Waals surface area contributed by atoms with Gasteiger partial charge in [-0.3, -0.25) is 0 Å². The number of rotatable bonds is 4. The van der Waals surface area contributed by atoms with E-state index in [0.717, 1.165) is 18.4 Å². The molecule has 0 aromatic heterocycles. The predicted molar refractivity (Wildman–Crippen MR) is 77.4 cm³/mol. The van der Waals surface area contributed by atoms with E-state index < -0.39 is 0 Å². The minimum absolute atomic E-state index is 0.0689. The van der Waals surface area contributed by atoms with Crippen molar-refractivity contribution in [2.24, 2.45) is 5.41 Å². The number of alkyl carbamates (subject to hydrolysis) is 1. The molecule has 0 aliphatic heterocycles. The first kappa shape index (κ1) is 14.9. The molecule has 1 aromatic carbocycles. The quantitative estimate of drug-likeness (QED) is 0.920. The maximum absolute atomic E-state index is 11.9. The van der Waals surface area contributed by atoms with Crippen LogP contribution in [-0.4, -0.2) is 25.3 Å². The van der Waals surface area contributed by atoms with Crippen LogP contribution >= 0.6 is 0 Å². The van der Waals surface area contributed by atoms with Crippen molar-refractivity contribution in [2.75, 3.05) is 7.11 Å². The smallest absolute Gasteiger partial charge is 0.407 e. The number of carbonyl (C=O) groups excluding carboxylic acids is 1. The molecule has 0 unspecified atom stereocenters. The van der Waals surface area contributed by atoms with Crippen LogP contribution in [0.5, 0.6) is 0 Å². The fraction of sp³-hybridized carbons (Fsp3) is 0.562. The van der Waals surface area contributed by atoms with Gasteiger partial charge in [0.1, 0.15) is 6.61 Å². The molecule has 4 heteroatoms. The molecular weight excluding hydrogens is 254 g/mol. The number of nitrogens with one attached hydrogen (secondary N) is 1. The summed E-state index contributed by atoms with van der Waals surface area (Å²) in [6, 6.07) is 9.77. The molecular formula is C16H23NO3. The van der Waals surface area contributed by atoms with E-state index in [1.165, 1.54) is 0 Å². The van der Waals surface area contributed by atoms with Gasteiger partial charge in [0.15, 0.2) is 0 Å². The molecule has 1 saturated carbocycles. The Morgan fingerprint density at radius 2 is 2.00 bits per heavy atom. The Labute approximate surface area is 120 Å². The van der Waals surface area contributed by atoms with Crippen molar-refractivity contribution >= 4 is 6.09 Å². The molecule has 2 rings (SSSR count). The largest absolute Gasteiger partial charge is 0.445 e. The first-order valence-corrected chi connectivity index (χ1v) is 7.04. The van der Waals surface area contributed by atoms with Crippen molar-refractivity contribution < 1.29 is 14.3 Å². The summed E-state index contributed by atoms with van der Waals surface area (Å²) in [5, 5.41) is 2.96. The number of benzene rings is 1. The zero-order valence-electron chi connectivity index (χ0n) is 12.4. The Morgan fingerprint density at radius 3 is 2.60 bits per heavy atom. The second-order valence-electron chi connectivity index (χ2n) is 5.88. The van der Waals surface area contributed by atoms with Crippen molar-refractivity contribution in [2.45, 2.75) is 45.4 Å². The van der Waals surface area contributed by atoms with E-state index in [-0.39, 0.29) is 23.7 Å². The molecule has 0 bridgehead atoms. The molecule has 1 aliphatic rings. The van der Waals surface area contributed by atoms with Gasteiger partial charge in [0.05, 0.1) is 6.10 Å². The minimum Gasteiger partial charge on any atom is -0.445 e. The molecule has 1 fully saturated rings. The molecule has 20 heavy (non-hydrogen) atoms. The van der Waals surface area contributed by atoms with E-state index in [4.69, 9.17) is 9.47 Å². The van der Waals surface area contributed by atoms with E-state index >= 15 is 0 Å². The molecule has 0 saturated heterocycles. The minimum atomic E-state index is -0.358. The third-order valence-electron chi connectivity index (χ3n) is 4.23. The van der Waals surface area contributed by atoms with Crippen molar-refractivity contribution in [3.63, 3.8) is 0 Å². The highest BCUT2D eigenvalue weighted by Crippen LogP contribution is 2.39. The molecule has 2 atom stereocenters. The maximum Gasteiger partial charge on any atom is 0.407 e. The van der Waals surface area contributed by atoms with Crippen molar-refractivity contribution in [1.29, 1.82) is 0 Å². The average Bonchev–Trinajstić information content (AvgIpc) is 2.72. The molecule has 1 amide bonds. The summed E-state index contributed by atoms with van der Waals surface area (Å²) < 4.78 is 10.7. The lowest BCUT2D eigenvalue weighted by atomic mass is 9.85. The van der Waals surface area contributed by atoms with Crippen molar-refractivity contribution in [1.82, 2.24) is 5.32 Å². The zero-order chi connectivity index (χ0) is 14.6. The Kier molecular flexibility index (Phi) is 4.65. The number of ether oxygens (including phenoxy) is 2. The summed E-state index contributed by atoms with van der Waals surface area (Å²) in [6.07, 6.45) is 1.71. The highest BCUT2D eigenvalue weighted by atomic mass is 16.5. The van der Waals surface area contributed by atoms with Gasteiger partial charge in [-0.1, -0.05) is 44.2 Å². The normalized spacial score (nSPS) is 24.4. The lowest BCUT2D eigenvalue weighted by Crippen LogP contribution is -2.45. The third kappa shape index (κ3) is 3.31. The monoisotopic (exact) mass is 277 g/mol. The van der Waals surface area contributed by atoms with Crippen LogP contribution in [0.4, 0.5) is 4.79 Å². The molecule has 1 N–H and O–H groups in total. The number of hydrogen-bond donors (Lipinski definition) is 1. The standard InChI is InChI=1S/C16H23NO3/c1-16(2)13(9-10-14(16)19-3)17-15(18)20-11-12-7-5-4-6-8-12/h4-8,13-14H,9-11H2,1-3H3,(H,17,18)/t13-,14-/m1/s1. The molecule has 1 aliphatic carbocycles. The number of amides is 1. The number of carbonyl (C=O) groups is 1. The molecule has 1 aromatic rings. The summed E-state index contributed by atoms with van der Waals surface area (Å²) in [7, 11) is 1.72. The van der Waals surface area contributed by atoms with Gasteiger partial charge >= 0.3 is 6.09 Å². The first-order chi connectivity index (χ1) is 9.54. The van der Waals surface area contributed by atoms with E-state index in [2.05, 4.69) is 19.2 Å². The van der Waals surface area contributed by atoms with Crippen LogP contribution in [0.1, 0.15) is 32.3 Å². The van der Waals surface area contributed by atoms with Gasteiger partial charge < -0.3 is 14.8 Å². The molecule has 0 radical (unpaired) electrons. The number of methoxy groups -OCH3 is 1. The van der Waals surface area contributed by atoms with Gasteiger partial charge in [0.25, 0.3) is 0 Å². The third-order valence-corrected chi connectivity index (χ3v) is 4.23. The summed E-state index contributed by atoms with van der Waals surface area (Å²) in [4.78, 5) is 11.9. The van der Waals surface area contributed by atoms with Crippen LogP contribution in [0.2, 0.25) is 0 Å². The van der Waals surface area contributed by atoms with E-state index in [1.807, 2.05) is 30.3 Å². The Morgan fingerprint density at radius 1 is 1.30 bits per heavy atom. The summed E-state index contributed by atoms with van der Waals surface area (Å²) in [6.45, 7) is 4.54. The first-order valence-electron chi connectivity index (χ1n) is 7.04. The predicted octanol–water partition coefficient (Wildman–Crippen LogP) is 3.12. The van der Waals surface area contributed by atoms with Crippen LogP contribution in [0.25, 0.3) is 0 Å². The highest BCUT2D eigenvalue weighted by molar-refractivity contribution is 5.67. The van der Waals surface area contributed by atoms with E-state index in [1.54, 1.807) is 7.11 Å². The van der Waals surface area contributed by atoms with Crippen LogP contribution in [-0.2, 0) is 16.1 Å². The Hall–Kier alpha value is -1.55. The SMILES string of the molecule is CO[C@@H]1CC[C@@H](NC(=O)OCc2ccccc2)C1(C)C. The molecule has 110 valence electrons. The maximum atomic E-state index is 11.9. The molecule has 0 spiro atoms. The average molecular weight is 277 g/mol. The van der Waals surface area contributed by atoms with Gasteiger partial charge in [0, 0.05) is 18.6 Å². The van der Waals surface area contributed by atoms with E-state index in [9.17, 15) is 4.79 Å². The van der Waals surface area contributed by atoms with Gasteiger partial charge in [-0.15, -0.1) is 0 Å². The lowest BCUT2D eigenvalue weighted by Gasteiger charge is -2.32. The van der Waals surface area contributed by atoms with Crippen LogP contribution in [0.3, 0.4) is 0 Å². The fourth-order valence-electron chi connectivity index (χ4n) is 2.87.